The summed E-state index contributed by atoms with van der Waals surface area (Å²) in [6.07, 6.45) is 2.71. The average Bonchev–Trinajstić information content (AvgIpc) is 2.07. The van der Waals surface area contributed by atoms with E-state index < -0.39 is 5.91 Å². The zero-order chi connectivity index (χ0) is 9.84. The summed E-state index contributed by atoms with van der Waals surface area (Å²) >= 11 is 5.58. The largest absolute Gasteiger partial charge is 0.506 e. The quantitative estimate of drug-likeness (QED) is 0.707. The van der Waals surface area contributed by atoms with E-state index in [0.29, 0.717) is 5.56 Å². The number of hydrogen-bond acceptors (Lipinski definition) is 2. The van der Waals surface area contributed by atoms with Crippen molar-refractivity contribution >= 4 is 23.6 Å². The molecular weight excluding hydrogens is 190 g/mol. The van der Waals surface area contributed by atoms with Gasteiger partial charge in [0.1, 0.15) is 5.75 Å². The molecule has 0 aliphatic heterocycles. The molecule has 0 fully saturated rings. The van der Waals surface area contributed by atoms with Crippen LogP contribution in [0.4, 0.5) is 0 Å². The molecule has 3 nitrogen and oxygen atoms in total. The van der Waals surface area contributed by atoms with E-state index in [-0.39, 0.29) is 10.8 Å². The van der Waals surface area contributed by atoms with Crippen molar-refractivity contribution in [3.63, 3.8) is 0 Å². The summed E-state index contributed by atoms with van der Waals surface area (Å²) in [5.41, 5.74) is 5.56. The summed E-state index contributed by atoms with van der Waals surface area (Å²) in [6, 6.07) is 4.65. The summed E-state index contributed by atoms with van der Waals surface area (Å²) in [7, 11) is 0. The minimum absolute atomic E-state index is 0.0201. The third-order valence-corrected chi connectivity index (χ3v) is 1.73. The van der Waals surface area contributed by atoms with Gasteiger partial charge in [-0.3, -0.25) is 4.79 Å². The van der Waals surface area contributed by atoms with E-state index in [1.807, 2.05) is 0 Å². The Kier molecular flexibility index (Phi) is 2.93. The molecule has 0 saturated heterocycles. The number of amides is 1. The molecule has 0 bridgehead atoms. The van der Waals surface area contributed by atoms with Crippen LogP contribution in [-0.4, -0.2) is 11.0 Å². The molecule has 0 saturated carbocycles. The predicted octanol–water partition coefficient (Wildman–Crippen LogP) is 1.54. The molecule has 1 aromatic carbocycles. The van der Waals surface area contributed by atoms with Crippen LogP contribution in [0.5, 0.6) is 5.75 Å². The minimum Gasteiger partial charge on any atom is -0.506 e. The number of halogens is 1. The molecule has 68 valence electrons. The highest BCUT2D eigenvalue weighted by atomic mass is 35.5. The van der Waals surface area contributed by atoms with Crippen molar-refractivity contribution in [1.82, 2.24) is 0 Å². The Labute approximate surface area is 80.4 Å². The van der Waals surface area contributed by atoms with Crippen LogP contribution in [-0.2, 0) is 4.79 Å². The van der Waals surface area contributed by atoms with Gasteiger partial charge in [-0.25, -0.2) is 0 Å². The van der Waals surface area contributed by atoms with Crippen LogP contribution in [0.1, 0.15) is 5.56 Å². The van der Waals surface area contributed by atoms with Crippen LogP contribution in [0.3, 0.4) is 0 Å². The van der Waals surface area contributed by atoms with Crippen molar-refractivity contribution in [2.75, 3.05) is 0 Å². The molecule has 0 radical (unpaired) electrons. The second-order valence-corrected chi connectivity index (χ2v) is 2.85. The summed E-state index contributed by atoms with van der Waals surface area (Å²) < 4.78 is 0. The summed E-state index contributed by atoms with van der Waals surface area (Å²) in [4.78, 5) is 10.4. The lowest BCUT2D eigenvalue weighted by Gasteiger charge is -1.97. The number of carbonyl (C=O) groups is 1. The Hall–Kier alpha value is -1.48. The molecule has 4 heteroatoms. The molecule has 0 aliphatic carbocycles. The van der Waals surface area contributed by atoms with Crippen LogP contribution in [0.2, 0.25) is 5.02 Å². The van der Waals surface area contributed by atoms with Crippen LogP contribution in [0, 0.1) is 0 Å². The highest BCUT2D eigenvalue weighted by Gasteiger charge is 1.97. The first-order valence-corrected chi connectivity index (χ1v) is 3.93. The molecule has 0 aromatic heterocycles. The number of rotatable bonds is 2. The number of carbonyl (C=O) groups excluding carboxylic acids is 1. The van der Waals surface area contributed by atoms with Crippen molar-refractivity contribution in [3.05, 3.63) is 34.9 Å². The van der Waals surface area contributed by atoms with Gasteiger partial charge in [0.2, 0.25) is 5.91 Å². The molecule has 1 rings (SSSR count). The Bertz CT molecular complexity index is 361. The molecule has 3 N–H and O–H groups in total. The van der Waals surface area contributed by atoms with Crippen LogP contribution < -0.4 is 5.73 Å². The standard InChI is InChI=1S/C9H8ClNO2/c10-7-3-1-6(5-8(7)12)2-4-9(11)13/h1-5,12H,(H2,11,13). The second-order valence-electron chi connectivity index (χ2n) is 2.45. The van der Waals surface area contributed by atoms with Gasteiger partial charge < -0.3 is 10.8 Å². The molecule has 0 heterocycles. The summed E-state index contributed by atoms with van der Waals surface area (Å²) in [6.45, 7) is 0. The number of nitrogens with two attached hydrogens (primary N) is 1. The van der Waals surface area contributed by atoms with Gasteiger partial charge in [-0.1, -0.05) is 17.7 Å². The van der Waals surface area contributed by atoms with Gasteiger partial charge in [0.15, 0.2) is 0 Å². The highest BCUT2D eigenvalue weighted by Crippen LogP contribution is 2.23. The van der Waals surface area contributed by atoms with Crippen molar-refractivity contribution in [2.45, 2.75) is 0 Å². The topological polar surface area (TPSA) is 63.3 Å². The van der Waals surface area contributed by atoms with Gasteiger partial charge >= 0.3 is 0 Å². The zero-order valence-corrected chi connectivity index (χ0v) is 7.45. The first-order chi connectivity index (χ1) is 6.09. The Balaban J connectivity index is 2.92. The lowest BCUT2D eigenvalue weighted by Crippen LogP contribution is -2.04. The van der Waals surface area contributed by atoms with Crippen molar-refractivity contribution in [2.24, 2.45) is 5.73 Å². The van der Waals surface area contributed by atoms with Gasteiger partial charge in [-0.15, -0.1) is 0 Å². The third-order valence-electron chi connectivity index (χ3n) is 1.41. The fourth-order valence-electron chi connectivity index (χ4n) is 0.812. The van der Waals surface area contributed by atoms with Gasteiger partial charge in [0.25, 0.3) is 0 Å². The Morgan fingerprint density at radius 2 is 2.23 bits per heavy atom. The van der Waals surface area contributed by atoms with E-state index >= 15 is 0 Å². The van der Waals surface area contributed by atoms with Crippen LogP contribution in [0.15, 0.2) is 24.3 Å². The molecular formula is C9H8ClNO2. The maximum absolute atomic E-state index is 10.4. The van der Waals surface area contributed by atoms with Crippen LogP contribution >= 0.6 is 11.6 Å². The first kappa shape index (κ1) is 9.61. The minimum atomic E-state index is -0.533. The number of phenols is 1. The van der Waals surface area contributed by atoms with Gasteiger partial charge in [-0.2, -0.15) is 0 Å². The lowest BCUT2D eigenvalue weighted by molar-refractivity contribution is -0.113. The highest BCUT2D eigenvalue weighted by molar-refractivity contribution is 6.32. The van der Waals surface area contributed by atoms with E-state index in [2.05, 4.69) is 0 Å². The number of aromatic hydroxyl groups is 1. The molecule has 0 spiro atoms. The molecule has 1 aromatic rings. The van der Waals surface area contributed by atoms with Crippen molar-refractivity contribution < 1.29 is 9.90 Å². The maximum Gasteiger partial charge on any atom is 0.241 e. The molecule has 0 unspecified atom stereocenters. The van der Waals surface area contributed by atoms with E-state index in [9.17, 15) is 9.90 Å². The van der Waals surface area contributed by atoms with E-state index in [4.69, 9.17) is 17.3 Å². The van der Waals surface area contributed by atoms with E-state index in [1.165, 1.54) is 24.3 Å². The second kappa shape index (κ2) is 3.96. The van der Waals surface area contributed by atoms with Crippen LogP contribution in [0.25, 0.3) is 6.08 Å². The van der Waals surface area contributed by atoms with E-state index in [1.54, 1.807) is 6.07 Å². The van der Waals surface area contributed by atoms with E-state index in [0.717, 1.165) is 0 Å². The number of benzene rings is 1. The average molecular weight is 198 g/mol. The van der Waals surface area contributed by atoms with Gasteiger partial charge in [0, 0.05) is 6.08 Å². The molecule has 1 amide bonds. The number of primary amides is 1. The van der Waals surface area contributed by atoms with Gasteiger partial charge in [-0.05, 0) is 23.8 Å². The normalized spacial score (nSPS) is 10.5. The number of phenolic OH excluding ortho intramolecular Hbond substituents is 1. The smallest absolute Gasteiger partial charge is 0.241 e. The Morgan fingerprint density at radius 1 is 1.54 bits per heavy atom. The van der Waals surface area contributed by atoms with Crippen molar-refractivity contribution in [3.8, 4) is 5.75 Å². The third kappa shape index (κ3) is 2.80. The lowest BCUT2D eigenvalue weighted by atomic mass is 10.2. The first-order valence-electron chi connectivity index (χ1n) is 3.55. The predicted molar refractivity (Wildman–Crippen MR) is 51.3 cm³/mol. The summed E-state index contributed by atoms with van der Waals surface area (Å²) in [5.74, 6) is -0.553. The Morgan fingerprint density at radius 3 is 2.77 bits per heavy atom. The molecule has 0 atom stereocenters. The fraction of sp³-hybridized carbons (Fsp3) is 0. The molecule has 13 heavy (non-hydrogen) atoms. The number of hydrogen-bond donors (Lipinski definition) is 2. The maximum atomic E-state index is 10.4. The summed E-state index contributed by atoms with van der Waals surface area (Å²) in [5, 5.41) is 9.46. The SMILES string of the molecule is NC(=O)C=Cc1ccc(Cl)c(O)c1. The monoisotopic (exact) mass is 197 g/mol. The fourth-order valence-corrected chi connectivity index (χ4v) is 0.929. The molecule has 0 aliphatic rings. The van der Waals surface area contributed by atoms with Gasteiger partial charge in [0.05, 0.1) is 5.02 Å². The van der Waals surface area contributed by atoms with Crippen molar-refractivity contribution in [1.29, 1.82) is 0 Å². The zero-order valence-electron chi connectivity index (χ0n) is 6.70.